The van der Waals surface area contributed by atoms with Crippen LogP contribution >= 0.6 is 46.6 Å². The Bertz CT molecular complexity index is 1150. The second-order valence-corrected chi connectivity index (χ2v) is 9.79. The number of thioether (sulfide) groups is 1. The summed E-state index contributed by atoms with van der Waals surface area (Å²) < 4.78 is 1.77. The van der Waals surface area contributed by atoms with Crippen molar-refractivity contribution in [2.24, 2.45) is 13.0 Å². The predicted molar refractivity (Wildman–Crippen MR) is 133 cm³/mol. The highest BCUT2D eigenvalue weighted by Crippen LogP contribution is 2.26. The normalized spacial score (nSPS) is 12.0. The molecule has 11 heteroatoms. The third-order valence-electron chi connectivity index (χ3n) is 4.74. The summed E-state index contributed by atoms with van der Waals surface area (Å²) in [6.45, 7) is 3.94. The molecule has 7 nitrogen and oxygen atoms in total. The molecular formula is C22H22Cl3N5O2S. The van der Waals surface area contributed by atoms with E-state index in [0.29, 0.717) is 32.3 Å². The molecule has 2 amide bonds. The number of halogens is 3. The number of nitrogens with zero attached hydrogens (tertiary/aromatic N) is 3. The molecule has 0 saturated heterocycles. The van der Waals surface area contributed by atoms with E-state index in [1.54, 1.807) is 48.0 Å². The fourth-order valence-electron chi connectivity index (χ4n) is 3.01. The van der Waals surface area contributed by atoms with Crippen LogP contribution < -0.4 is 10.6 Å². The van der Waals surface area contributed by atoms with E-state index in [1.165, 1.54) is 17.8 Å². The lowest BCUT2D eigenvalue weighted by Crippen LogP contribution is -2.33. The first-order chi connectivity index (χ1) is 15.7. The average Bonchev–Trinajstić information content (AvgIpc) is 3.11. The lowest BCUT2D eigenvalue weighted by atomic mass is 10.0. The molecular weight excluding hydrogens is 505 g/mol. The van der Waals surface area contributed by atoms with Gasteiger partial charge in [0.2, 0.25) is 5.91 Å². The molecule has 0 unspecified atom stereocenters. The molecule has 0 radical (unpaired) electrons. The van der Waals surface area contributed by atoms with Crippen molar-refractivity contribution in [1.29, 1.82) is 0 Å². The van der Waals surface area contributed by atoms with Gasteiger partial charge in [0.25, 0.3) is 5.91 Å². The molecule has 2 aromatic carbocycles. The van der Waals surface area contributed by atoms with E-state index in [-0.39, 0.29) is 28.5 Å². The first kappa shape index (κ1) is 25.4. The number of rotatable bonds is 8. The molecule has 2 N–H and O–H groups in total. The Morgan fingerprint density at radius 3 is 2.33 bits per heavy atom. The standard InChI is InChI=1S/C22H22Cl3N5O2S/c1-12(2)19(27-21(32)16-9-6-14(24)10-17(16)25)20-28-29-22(30(20)3)33-11-18(31)26-15-7-4-13(23)5-8-15/h4-10,12,19H,11H2,1-3H3,(H,26,31)(H,27,32)/t19-/m1/s1. The van der Waals surface area contributed by atoms with Crippen molar-refractivity contribution in [3.05, 3.63) is 68.9 Å². The quantitative estimate of drug-likeness (QED) is 0.371. The molecule has 174 valence electrons. The van der Waals surface area contributed by atoms with E-state index in [2.05, 4.69) is 20.8 Å². The molecule has 3 aromatic rings. The topological polar surface area (TPSA) is 88.9 Å². The Hall–Kier alpha value is -2.26. The summed E-state index contributed by atoms with van der Waals surface area (Å²) in [6, 6.07) is 11.2. The zero-order valence-corrected chi connectivity index (χ0v) is 21.2. The highest BCUT2D eigenvalue weighted by atomic mass is 35.5. The van der Waals surface area contributed by atoms with Gasteiger partial charge in [0.05, 0.1) is 22.4 Å². The fraction of sp³-hybridized carbons (Fsp3) is 0.273. The van der Waals surface area contributed by atoms with Crippen LogP contribution in [0.1, 0.15) is 36.1 Å². The Kier molecular flexibility index (Phi) is 8.64. The average molecular weight is 527 g/mol. The lowest BCUT2D eigenvalue weighted by molar-refractivity contribution is -0.113. The van der Waals surface area contributed by atoms with Crippen LogP contribution in [0.15, 0.2) is 47.6 Å². The van der Waals surface area contributed by atoms with Crippen molar-refractivity contribution in [3.63, 3.8) is 0 Å². The van der Waals surface area contributed by atoms with Gasteiger partial charge in [-0.2, -0.15) is 0 Å². The van der Waals surface area contributed by atoms with Gasteiger partial charge < -0.3 is 15.2 Å². The van der Waals surface area contributed by atoms with Gasteiger partial charge in [0.15, 0.2) is 11.0 Å². The van der Waals surface area contributed by atoms with Crippen LogP contribution in [-0.4, -0.2) is 32.3 Å². The Morgan fingerprint density at radius 2 is 1.70 bits per heavy atom. The van der Waals surface area contributed by atoms with E-state index in [1.807, 2.05) is 13.8 Å². The van der Waals surface area contributed by atoms with Gasteiger partial charge in [-0.25, -0.2) is 0 Å². The van der Waals surface area contributed by atoms with Gasteiger partial charge >= 0.3 is 0 Å². The van der Waals surface area contributed by atoms with Crippen molar-refractivity contribution in [2.75, 3.05) is 11.1 Å². The van der Waals surface area contributed by atoms with Crippen molar-refractivity contribution < 1.29 is 9.59 Å². The number of carbonyl (C=O) groups excluding carboxylic acids is 2. The minimum atomic E-state index is -0.418. The highest BCUT2D eigenvalue weighted by molar-refractivity contribution is 7.99. The van der Waals surface area contributed by atoms with E-state index in [4.69, 9.17) is 34.8 Å². The highest BCUT2D eigenvalue weighted by Gasteiger charge is 2.26. The molecule has 0 aliphatic heterocycles. The smallest absolute Gasteiger partial charge is 0.253 e. The molecule has 0 fully saturated rings. The van der Waals surface area contributed by atoms with Crippen molar-refractivity contribution >= 4 is 64.1 Å². The zero-order valence-electron chi connectivity index (χ0n) is 18.1. The zero-order chi connectivity index (χ0) is 24.1. The largest absolute Gasteiger partial charge is 0.342 e. The number of benzene rings is 2. The van der Waals surface area contributed by atoms with Gasteiger partial charge in [-0.15, -0.1) is 10.2 Å². The first-order valence-corrected chi connectivity index (χ1v) is 12.1. The molecule has 1 aromatic heterocycles. The van der Waals surface area contributed by atoms with Crippen LogP contribution in [0.2, 0.25) is 15.1 Å². The van der Waals surface area contributed by atoms with E-state index in [9.17, 15) is 9.59 Å². The number of anilines is 1. The maximum atomic E-state index is 12.8. The second-order valence-electron chi connectivity index (χ2n) is 7.56. The summed E-state index contributed by atoms with van der Waals surface area (Å²) in [5, 5.41) is 16.1. The van der Waals surface area contributed by atoms with Crippen molar-refractivity contribution in [3.8, 4) is 0 Å². The SMILES string of the molecule is CC(C)[C@@H](NC(=O)c1ccc(Cl)cc1Cl)c1nnc(SCC(=O)Nc2ccc(Cl)cc2)n1C. The third-order valence-corrected chi connectivity index (χ3v) is 6.56. The number of hydrogen-bond acceptors (Lipinski definition) is 5. The van der Waals surface area contributed by atoms with Gasteiger partial charge in [-0.05, 0) is 48.4 Å². The lowest BCUT2D eigenvalue weighted by Gasteiger charge is -2.22. The number of hydrogen-bond donors (Lipinski definition) is 2. The van der Waals surface area contributed by atoms with E-state index in [0.717, 1.165) is 0 Å². The summed E-state index contributed by atoms with van der Waals surface area (Å²) in [5.74, 6) is 0.221. The Balaban J connectivity index is 1.67. The third kappa shape index (κ3) is 6.63. The maximum absolute atomic E-state index is 12.8. The number of nitrogens with one attached hydrogen (secondary N) is 2. The minimum absolute atomic E-state index is 0.0222. The first-order valence-electron chi connectivity index (χ1n) is 9.99. The predicted octanol–water partition coefficient (Wildman–Crippen LogP) is 5.63. The number of amides is 2. The maximum Gasteiger partial charge on any atom is 0.253 e. The van der Waals surface area contributed by atoms with Crippen LogP contribution in [0.5, 0.6) is 0 Å². The summed E-state index contributed by atoms with van der Waals surface area (Å²) >= 11 is 19.2. The molecule has 1 atom stereocenters. The molecule has 0 aliphatic carbocycles. The number of aromatic nitrogens is 3. The summed E-state index contributed by atoms with van der Waals surface area (Å²) in [4.78, 5) is 25.1. The molecule has 3 rings (SSSR count). The van der Waals surface area contributed by atoms with Crippen LogP contribution in [0.3, 0.4) is 0 Å². The van der Waals surface area contributed by atoms with E-state index < -0.39 is 6.04 Å². The van der Waals surface area contributed by atoms with Crippen LogP contribution in [0.4, 0.5) is 5.69 Å². The monoisotopic (exact) mass is 525 g/mol. The molecule has 0 spiro atoms. The Morgan fingerprint density at radius 1 is 1.03 bits per heavy atom. The molecule has 0 saturated carbocycles. The van der Waals surface area contributed by atoms with Crippen molar-refractivity contribution in [2.45, 2.75) is 25.0 Å². The molecule has 0 aliphatic rings. The number of carbonyl (C=O) groups is 2. The van der Waals surface area contributed by atoms with Gasteiger partial charge in [0, 0.05) is 22.8 Å². The molecule has 1 heterocycles. The molecule has 33 heavy (non-hydrogen) atoms. The van der Waals surface area contributed by atoms with Gasteiger partial charge in [-0.1, -0.05) is 60.4 Å². The molecule has 0 bridgehead atoms. The second kappa shape index (κ2) is 11.2. The van der Waals surface area contributed by atoms with Crippen LogP contribution in [0.25, 0.3) is 0 Å². The minimum Gasteiger partial charge on any atom is -0.342 e. The van der Waals surface area contributed by atoms with E-state index >= 15 is 0 Å². The van der Waals surface area contributed by atoms with Crippen LogP contribution in [0, 0.1) is 5.92 Å². The summed E-state index contributed by atoms with van der Waals surface area (Å²) in [5.41, 5.74) is 0.981. The Labute approximate surface area is 211 Å². The van der Waals surface area contributed by atoms with Gasteiger partial charge in [0.1, 0.15) is 0 Å². The van der Waals surface area contributed by atoms with Crippen LogP contribution in [-0.2, 0) is 11.8 Å². The summed E-state index contributed by atoms with van der Waals surface area (Å²) in [7, 11) is 1.80. The fourth-order valence-corrected chi connectivity index (χ4v) is 4.34. The van der Waals surface area contributed by atoms with Gasteiger partial charge in [-0.3, -0.25) is 9.59 Å². The summed E-state index contributed by atoms with van der Waals surface area (Å²) in [6.07, 6.45) is 0. The van der Waals surface area contributed by atoms with Crippen molar-refractivity contribution in [1.82, 2.24) is 20.1 Å².